The minimum atomic E-state index is -0.987. The van der Waals surface area contributed by atoms with Crippen molar-refractivity contribution in [1.82, 2.24) is 24.9 Å². The van der Waals surface area contributed by atoms with E-state index in [1.54, 1.807) is 12.3 Å². The molecule has 2 aromatic rings. The van der Waals surface area contributed by atoms with Crippen LogP contribution in [0.3, 0.4) is 0 Å². The van der Waals surface area contributed by atoms with Crippen LogP contribution in [0, 0.1) is 6.92 Å². The lowest BCUT2D eigenvalue weighted by atomic mass is 9.81. The lowest BCUT2D eigenvalue weighted by Gasteiger charge is -2.34. The van der Waals surface area contributed by atoms with Crippen molar-refractivity contribution < 1.29 is 9.59 Å². The topological polar surface area (TPSA) is 115 Å². The number of carbonyl (C=O) groups excluding carboxylic acids is 2. The average molecular weight is 302 g/mol. The van der Waals surface area contributed by atoms with Gasteiger partial charge in [-0.05, 0) is 25.8 Å². The van der Waals surface area contributed by atoms with Crippen LogP contribution in [0.5, 0.6) is 0 Å². The zero-order valence-corrected chi connectivity index (χ0v) is 12.4. The normalized spacial score (nSPS) is 17.3. The Hall–Kier alpha value is -2.51. The SMILES string of the molecule is Cc1ccn2c(C(=O)NC3(C(N)=O)CCCCC3)nnc2n1. The molecule has 0 spiro atoms. The Morgan fingerprint density at radius 3 is 2.68 bits per heavy atom. The molecular weight excluding hydrogens is 284 g/mol. The molecule has 116 valence electrons. The van der Waals surface area contributed by atoms with Gasteiger partial charge in [0.2, 0.25) is 11.7 Å². The maximum Gasteiger partial charge on any atom is 0.290 e. The smallest absolute Gasteiger partial charge is 0.290 e. The molecule has 0 aromatic carbocycles. The van der Waals surface area contributed by atoms with Crippen LogP contribution < -0.4 is 11.1 Å². The van der Waals surface area contributed by atoms with Gasteiger partial charge in [0.25, 0.3) is 11.7 Å². The highest BCUT2D eigenvalue weighted by molar-refractivity contribution is 5.97. The first kappa shape index (κ1) is 14.4. The summed E-state index contributed by atoms with van der Waals surface area (Å²) in [5.74, 6) is -0.502. The molecule has 1 fully saturated rings. The third-order valence-electron chi connectivity index (χ3n) is 4.15. The molecule has 1 aliphatic carbocycles. The van der Waals surface area contributed by atoms with Crippen molar-refractivity contribution in [3.63, 3.8) is 0 Å². The van der Waals surface area contributed by atoms with Gasteiger partial charge in [0.15, 0.2) is 0 Å². The molecule has 0 unspecified atom stereocenters. The monoisotopic (exact) mass is 302 g/mol. The fourth-order valence-electron chi connectivity index (χ4n) is 2.89. The summed E-state index contributed by atoms with van der Waals surface area (Å²) in [5, 5.41) is 10.5. The highest BCUT2D eigenvalue weighted by atomic mass is 16.2. The molecule has 1 aliphatic rings. The third kappa shape index (κ3) is 2.40. The number of rotatable bonds is 3. The molecule has 2 heterocycles. The molecule has 0 aliphatic heterocycles. The molecule has 8 heteroatoms. The molecule has 2 amide bonds. The van der Waals surface area contributed by atoms with Gasteiger partial charge >= 0.3 is 0 Å². The number of carbonyl (C=O) groups is 2. The number of primary amides is 1. The Labute approximate surface area is 127 Å². The number of nitrogens with one attached hydrogen (secondary N) is 1. The molecular formula is C14H18N6O2. The number of nitrogens with zero attached hydrogens (tertiary/aromatic N) is 4. The summed E-state index contributed by atoms with van der Waals surface area (Å²) in [6.45, 7) is 1.83. The van der Waals surface area contributed by atoms with Gasteiger partial charge < -0.3 is 11.1 Å². The molecule has 3 N–H and O–H groups in total. The van der Waals surface area contributed by atoms with Crippen LogP contribution in [0.15, 0.2) is 12.3 Å². The van der Waals surface area contributed by atoms with Crippen LogP contribution in [-0.2, 0) is 4.79 Å². The summed E-state index contributed by atoms with van der Waals surface area (Å²) in [7, 11) is 0. The highest BCUT2D eigenvalue weighted by Crippen LogP contribution is 2.28. The van der Waals surface area contributed by atoms with Gasteiger partial charge in [-0.3, -0.25) is 14.0 Å². The lowest BCUT2D eigenvalue weighted by molar-refractivity contribution is -0.125. The molecule has 22 heavy (non-hydrogen) atoms. The number of amides is 2. The maximum absolute atomic E-state index is 12.5. The van der Waals surface area contributed by atoms with Gasteiger partial charge in [0.1, 0.15) is 5.54 Å². The van der Waals surface area contributed by atoms with Gasteiger partial charge in [-0.15, -0.1) is 10.2 Å². The van der Waals surface area contributed by atoms with Crippen molar-refractivity contribution in [2.24, 2.45) is 5.73 Å². The van der Waals surface area contributed by atoms with Gasteiger partial charge in [-0.2, -0.15) is 0 Å². The fourth-order valence-corrected chi connectivity index (χ4v) is 2.89. The Morgan fingerprint density at radius 2 is 2.00 bits per heavy atom. The fraction of sp³-hybridized carbons (Fsp3) is 0.500. The van der Waals surface area contributed by atoms with Crippen LogP contribution in [0.2, 0.25) is 0 Å². The first-order valence-electron chi connectivity index (χ1n) is 7.33. The van der Waals surface area contributed by atoms with Crippen molar-refractivity contribution >= 4 is 17.6 Å². The predicted molar refractivity (Wildman–Crippen MR) is 78.0 cm³/mol. The van der Waals surface area contributed by atoms with Crippen molar-refractivity contribution in [3.8, 4) is 0 Å². The van der Waals surface area contributed by atoms with Crippen LogP contribution in [0.4, 0.5) is 0 Å². The summed E-state index contributed by atoms with van der Waals surface area (Å²) >= 11 is 0. The number of fused-ring (bicyclic) bond motifs is 1. The van der Waals surface area contributed by atoms with Gasteiger partial charge in [0.05, 0.1) is 0 Å². The van der Waals surface area contributed by atoms with E-state index in [9.17, 15) is 9.59 Å². The van der Waals surface area contributed by atoms with E-state index in [1.165, 1.54) is 4.40 Å². The van der Waals surface area contributed by atoms with E-state index in [4.69, 9.17) is 5.73 Å². The zero-order chi connectivity index (χ0) is 15.7. The molecule has 2 aromatic heterocycles. The minimum Gasteiger partial charge on any atom is -0.368 e. The Morgan fingerprint density at radius 1 is 1.27 bits per heavy atom. The molecule has 8 nitrogen and oxygen atoms in total. The van der Waals surface area contributed by atoms with E-state index in [-0.39, 0.29) is 5.82 Å². The molecule has 1 saturated carbocycles. The summed E-state index contributed by atoms with van der Waals surface area (Å²) in [5.41, 5.74) is 5.33. The molecule has 0 saturated heterocycles. The van der Waals surface area contributed by atoms with Crippen LogP contribution in [0.25, 0.3) is 5.78 Å². The number of aromatic nitrogens is 4. The second kappa shape index (κ2) is 5.36. The summed E-state index contributed by atoms with van der Waals surface area (Å²) in [6, 6.07) is 1.76. The van der Waals surface area contributed by atoms with E-state index in [1.807, 2.05) is 6.92 Å². The van der Waals surface area contributed by atoms with Crippen molar-refractivity contribution in [3.05, 3.63) is 23.8 Å². The Balaban J connectivity index is 1.90. The highest BCUT2D eigenvalue weighted by Gasteiger charge is 2.40. The van der Waals surface area contributed by atoms with Crippen LogP contribution in [-0.4, -0.2) is 36.9 Å². The number of aryl methyl sites for hydroxylation is 1. The average Bonchev–Trinajstić information content (AvgIpc) is 2.91. The number of hydrogen-bond donors (Lipinski definition) is 2. The molecule has 0 atom stereocenters. The maximum atomic E-state index is 12.5. The quantitative estimate of drug-likeness (QED) is 0.849. The Kier molecular flexibility index (Phi) is 3.51. The second-order valence-electron chi connectivity index (χ2n) is 5.72. The summed E-state index contributed by atoms with van der Waals surface area (Å²) < 4.78 is 1.50. The Bertz CT molecular complexity index is 732. The second-order valence-corrected chi connectivity index (χ2v) is 5.72. The van der Waals surface area contributed by atoms with Gasteiger partial charge in [-0.25, -0.2) is 4.98 Å². The van der Waals surface area contributed by atoms with E-state index in [2.05, 4.69) is 20.5 Å². The van der Waals surface area contributed by atoms with E-state index in [0.29, 0.717) is 18.6 Å². The van der Waals surface area contributed by atoms with Crippen molar-refractivity contribution in [2.75, 3.05) is 0 Å². The minimum absolute atomic E-state index is 0.105. The first-order valence-corrected chi connectivity index (χ1v) is 7.33. The summed E-state index contributed by atoms with van der Waals surface area (Å²) in [4.78, 5) is 28.6. The molecule has 3 rings (SSSR count). The van der Waals surface area contributed by atoms with Crippen molar-refractivity contribution in [1.29, 1.82) is 0 Å². The van der Waals surface area contributed by atoms with E-state index < -0.39 is 17.4 Å². The lowest BCUT2D eigenvalue weighted by Crippen LogP contribution is -2.58. The van der Waals surface area contributed by atoms with Crippen LogP contribution >= 0.6 is 0 Å². The van der Waals surface area contributed by atoms with Gasteiger partial charge in [-0.1, -0.05) is 19.3 Å². The van der Waals surface area contributed by atoms with E-state index in [0.717, 1.165) is 25.0 Å². The predicted octanol–water partition coefficient (Wildman–Crippen LogP) is 0.351. The van der Waals surface area contributed by atoms with Crippen LogP contribution in [0.1, 0.15) is 48.4 Å². The third-order valence-corrected chi connectivity index (χ3v) is 4.15. The first-order chi connectivity index (χ1) is 10.5. The molecule has 0 radical (unpaired) electrons. The standard InChI is InChI=1S/C14H18N6O2/c1-9-5-8-20-10(18-19-13(20)16-9)11(21)17-14(12(15)22)6-3-2-4-7-14/h5,8H,2-4,6-7H2,1H3,(H2,15,22)(H,17,21). The zero-order valence-electron chi connectivity index (χ0n) is 12.4. The van der Waals surface area contributed by atoms with E-state index >= 15 is 0 Å². The number of hydrogen-bond acceptors (Lipinski definition) is 5. The number of nitrogens with two attached hydrogens (primary N) is 1. The molecule has 0 bridgehead atoms. The largest absolute Gasteiger partial charge is 0.368 e. The summed E-state index contributed by atoms with van der Waals surface area (Å²) in [6.07, 6.45) is 5.58. The van der Waals surface area contributed by atoms with Gasteiger partial charge in [0, 0.05) is 11.9 Å². The van der Waals surface area contributed by atoms with Crippen molar-refractivity contribution in [2.45, 2.75) is 44.6 Å².